The van der Waals surface area contributed by atoms with Crippen LogP contribution in [0.25, 0.3) is 11.1 Å². The van der Waals surface area contributed by atoms with Gasteiger partial charge in [-0.2, -0.15) is 0 Å². The Morgan fingerprint density at radius 2 is 2.32 bits per heavy atom. The monoisotopic (exact) mass is 275 g/mol. The molecule has 0 saturated carbocycles. The lowest BCUT2D eigenvalue weighted by atomic mass is 10.1. The summed E-state index contributed by atoms with van der Waals surface area (Å²) < 4.78 is 5.72. The van der Waals surface area contributed by atoms with Crippen LogP contribution in [-0.2, 0) is 0 Å². The second-order valence-corrected chi connectivity index (χ2v) is 4.86. The minimum Gasteiger partial charge on any atom is -0.490 e. The average molecular weight is 276 g/mol. The molecule has 19 heavy (non-hydrogen) atoms. The van der Waals surface area contributed by atoms with Gasteiger partial charge in [-0.05, 0) is 25.1 Å². The van der Waals surface area contributed by atoms with Crippen molar-refractivity contribution < 1.29 is 4.74 Å². The summed E-state index contributed by atoms with van der Waals surface area (Å²) in [5.74, 6) is 0.733. The molecule has 1 saturated heterocycles. The largest absolute Gasteiger partial charge is 0.490 e. The predicted octanol–water partition coefficient (Wildman–Crippen LogP) is 2.54. The zero-order valence-corrected chi connectivity index (χ0v) is 11.1. The fraction of sp³-hybridized carbons (Fsp3) is 0.286. The molecule has 5 heteroatoms. The molecule has 0 bridgehead atoms. The fourth-order valence-electron chi connectivity index (χ4n) is 1.92. The van der Waals surface area contributed by atoms with Crippen LogP contribution in [0.2, 0.25) is 5.15 Å². The van der Waals surface area contributed by atoms with Crippen molar-refractivity contribution >= 4 is 11.6 Å². The molecule has 0 aromatic carbocycles. The highest BCUT2D eigenvalue weighted by atomic mass is 35.5. The summed E-state index contributed by atoms with van der Waals surface area (Å²) in [4.78, 5) is 8.26. The molecular formula is C14H14ClN3O. The van der Waals surface area contributed by atoms with Gasteiger partial charge in [0.05, 0.1) is 6.20 Å². The van der Waals surface area contributed by atoms with E-state index < -0.39 is 0 Å². The van der Waals surface area contributed by atoms with Gasteiger partial charge in [0, 0.05) is 29.6 Å². The van der Waals surface area contributed by atoms with Crippen molar-refractivity contribution in [3.05, 3.63) is 41.9 Å². The number of nitrogens with zero attached hydrogens (tertiary/aromatic N) is 2. The van der Waals surface area contributed by atoms with E-state index in [-0.39, 0.29) is 0 Å². The van der Waals surface area contributed by atoms with E-state index in [1.165, 1.54) is 0 Å². The highest BCUT2D eigenvalue weighted by molar-refractivity contribution is 6.32. The fourth-order valence-corrected chi connectivity index (χ4v) is 2.13. The zero-order valence-electron chi connectivity index (χ0n) is 10.3. The van der Waals surface area contributed by atoms with Gasteiger partial charge in [0.2, 0.25) is 0 Å². The SMILES string of the molecule is Clc1ncc(OC[C@@H]2CCN2)cc1-c1cccnc1. The normalized spacial score (nSPS) is 17.8. The van der Waals surface area contributed by atoms with Crippen molar-refractivity contribution in [2.45, 2.75) is 12.5 Å². The van der Waals surface area contributed by atoms with Crippen LogP contribution in [0.3, 0.4) is 0 Å². The van der Waals surface area contributed by atoms with Gasteiger partial charge in [-0.1, -0.05) is 17.7 Å². The molecule has 3 heterocycles. The quantitative estimate of drug-likeness (QED) is 0.871. The first-order valence-corrected chi connectivity index (χ1v) is 6.63. The summed E-state index contributed by atoms with van der Waals surface area (Å²) in [6, 6.07) is 6.19. The number of ether oxygens (including phenoxy) is 1. The van der Waals surface area contributed by atoms with Gasteiger partial charge < -0.3 is 10.1 Å². The second kappa shape index (κ2) is 5.55. The van der Waals surface area contributed by atoms with Crippen molar-refractivity contribution in [2.24, 2.45) is 0 Å². The summed E-state index contributed by atoms with van der Waals surface area (Å²) in [7, 11) is 0. The van der Waals surface area contributed by atoms with Gasteiger partial charge in [-0.3, -0.25) is 4.98 Å². The average Bonchev–Trinajstić information content (AvgIpc) is 2.40. The minimum atomic E-state index is 0.456. The van der Waals surface area contributed by atoms with Crippen LogP contribution < -0.4 is 10.1 Å². The van der Waals surface area contributed by atoms with E-state index >= 15 is 0 Å². The van der Waals surface area contributed by atoms with E-state index in [0.29, 0.717) is 17.8 Å². The van der Waals surface area contributed by atoms with E-state index in [1.807, 2.05) is 18.2 Å². The Labute approximate surface area is 116 Å². The predicted molar refractivity (Wildman–Crippen MR) is 74.4 cm³/mol. The number of rotatable bonds is 4. The first-order chi connectivity index (χ1) is 9.33. The summed E-state index contributed by atoms with van der Waals surface area (Å²) in [6.45, 7) is 1.74. The third-order valence-corrected chi connectivity index (χ3v) is 3.46. The van der Waals surface area contributed by atoms with Gasteiger partial charge in [-0.15, -0.1) is 0 Å². The minimum absolute atomic E-state index is 0.456. The molecule has 0 unspecified atom stereocenters. The molecule has 1 atom stereocenters. The molecule has 98 valence electrons. The van der Waals surface area contributed by atoms with Crippen LogP contribution in [0.4, 0.5) is 0 Å². The molecule has 4 nitrogen and oxygen atoms in total. The van der Waals surface area contributed by atoms with Crippen LogP contribution in [0.5, 0.6) is 5.75 Å². The van der Waals surface area contributed by atoms with Crippen LogP contribution in [0, 0.1) is 0 Å². The number of aromatic nitrogens is 2. The Kier molecular flexibility index (Phi) is 3.62. The van der Waals surface area contributed by atoms with Crippen molar-refractivity contribution in [2.75, 3.05) is 13.2 Å². The highest BCUT2D eigenvalue weighted by Crippen LogP contribution is 2.29. The molecule has 0 spiro atoms. The highest BCUT2D eigenvalue weighted by Gasteiger charge is 2.17. The lowest BCUT2D eigenvalue weighted by Crippen LogP contribution is -2.46. The topological polar surface area (TPSA) is 47.0 Å². The van der Waals surface area contributed by atoms with Crippen LogP contribution in [0.1, 0.15) is 6.42 Å². The van der Waals surface area contributed by atoms with E-state index in [2.05, 4.69) is 15.3 Å². The molecule has 0 radical (unpaired) electrons. The second-order valence-electron chi connectivity index (χ2n) is 4.50. The van der Waals surface area contributed by atoms with E-state index in [4.69, 9.17) is 16.3 Å². The van der Waals surface area contributed by atoms with Crippen LogP contribution >= 0.6 is 11.6 Å². The maximum absolute atomic E-state index is 6.13. The van der Waals surface area contributed by atoms with Crippen LogP contribution in [0.15, 0.2) is 36.8 Å². The molecule has 1 aliphatic rings. The first kappa shape index (κ1) is 12.4. The lowest BCUT2D eigenvalue weighted by Gasteiger charge is -2.27. The molecule has 1 fully saturated rings. The molecule has 0 amide bonds. The Balaban J connectivity index is 1.79. The van der Waals surface area contributed by atoms with Gasteiger partial charge in [0.25, 0.3) is 0 Å². The molecule has 1 aliphatic heterocycles. The summed E-state index contributed by atoms with van der Waals surface area (Å²) in [6.07, 6.45) is 6.31. The molecule has 3 rings (SSSR count). The molecule has 2 aromatic rings. The molecule has 2 aromatic heterocycles. The number of nitrogens with one attached hydrogen (secondary N) is 1. The summed E-state index contributed by atoms with van der Waals surface area (Å²) >= 11 is 6.13. The Bertz CT molecular complexity index is 558. The van der Waals surface area contributed by atoms with Crippen molar-refractivity contribution in [3.63, 3.8) is 0 Å². The van der Waals surface area contributed by atoms with Gasteiger partial charge in [0.1, 0.15) is 17.5 Å². The van der Waals surface area contributed by atoms with E-state index in [0.717, 1.165) is 29.8 Å². The standard InChI is InChI=1S/C14H14ClN3O/c15-14-13(10-2-1-4-16-7-10)6-12(8-18-14)19-9-11-3-5-17-11/h1-2,4,6-8,11,17H,3,5,9H2/t11-/m0/s1. The number of pyridine rings is 2. The third-order valence-electron chi connectivity index (χ3n) is 3.16. The smallest absolute Gasteiger partial charge is 0.138 e. The zero-order chi connectivity index (χ0) is 13.1. The maximum Gasteiger partial charge on any atom is 0.138 e. The lowest BCUT2D eigenvalue weighted by molar-refractivity contribution is 0.217. The van der Waals surface area contributed by atoms with E-state index in [9.17, 15) is 0 Å². The number of halogens is 1. The van der Waals surface area contributed by atoms with Gasteiger partial charge in [0.15, 0.2) is 0 Å². The Hall–Kier alpha value is -1.65. The first-order valence-electron chi connectivity index (χ1n) is 6.25. The van der Waals surface area contributed by atoms with Crippen molar-refractivity contribution in [1.82, 2.24) is 15.3 Å². The third kappa shape index (κ3) is 2.85. The summed E-state index contributed by atoms with van der Waals surface area (Å²) in [5, 5.41) is 3.75. The Morgan fingerprint density at radius 3 is 3.00 bits per heavy atom. The van der Waals surface area contributed by atoms with E-state index in [1.54, 1.807) is 18.6 Å². The molecule has 1 N–H and O–H groups in total. The maximum atomic E-state index is 6.13. The van der Waals surface area contributed by atoms with Gasteiger partial charge >= 0.3 is 0 Å². The number of hydrogen-bond donors (Lipinski definition) is 1. The molecule has 0 aliphatic carbocycles. The van der Waals surface area contributed by atoms with Crippen molar-refractivity contribution in [1.29, 1.82) is 0 Å². The van der Waals surface area contributed by atoms with Crippen molar-refractivity contribution in [3.8, 4) is 16.9 Å². The molecular weight excluding hydrogens is 262 g/mol. The Morgan fingerprint density at radius 1 is 1.42 bits per heavy atom. The van der Waals surface area contributed by atoms with Crippen LogP contribution in [-0.4, -0.2) is 29.2 Å². The number of hydrogen-bond acceptors (Lipinski definition) is 4. The van der Waals surface area contributed by atoms with Gasteiger partial charge in [-0.25, -0.2) is 4.98 Å². The summed E-state index contributed by atoms with van der Waals surface area (Å²) in [5.41, 5.74) is 1.78.